The molecule has 2 aromatic rings. The normalized spacial score (nSPS) is 10.1. The minimum absolute atomic E-state index is 0.0657. The maximum atomic E-state index is 11.8. The van der Waals surface area contributed by atoms with Crippen molar-refractivity contribution in [1.82, 2.24) is 0 Å². The molecule has 0 saturated carbocycles. The molecule has 3 N–H and O–H groups in total. The van der Waals surface area contributed by atoms with Crippen LogP contribution in [0, 0.1) is 3.57 Å². The van der Waals surface area contributed by atoms with Crippen LogP contribution in [0.2, 0.25) is 5.02 Å². The molecular formula is C12H8ClIN2O3S. The van der Waals surface area contributed by atoms with Crippen molar-refractivity contribution in [2.75, 3.05) is 10.6 Å². The van der Waals surface area contributed by atoms with Crippen LogP contribution in [0.15, 0.2) is 29.6 Å². The number of amides is 2. The molecule has 20 heavy (non-hydrogen) atoms. The van der Waals surface area contributed by atoms with E-state index in [1.807, 2.05) is 22.6 Å². The van der Waals surface area contributed by atoms with Crippen LogP contribution in [0.3, 0.4) is 0 Å². The number of carboxylic acid groups (broad SMARTS) is 1. The molecule has 0 unspecified atom stereocenters. The summed E-state index contributed by atoms with van der Waals surface area (Å²) in [6, 6.07) is 5.99. The molecule has 0 aliphatic carbocycles. The summed E-state index contributed by atoms with van der Waals surface area (Å²) in [5.41, 5.74) is 0.664. The smallest absolute Gasteiger partial charge is 0.338 e. The van der Waals surface area contributed by atoms with E-state index in [9.17, 15) is 9.59 Å². The van der Waals surface area contributed by atoms with E-state index >= 15 is 0 Å². The lowest BCUT2D eigenvalue weighted by Gasteiger charge is -2.09. The van der Waals surface area contributed by atoms with E-state index < -0.39 is 12.0 Å². The van der Waals surface area contributed by atoms with Crippen molar-refractivity contribution in [2.45, 2.75) is 0 Å². The van der Waals surface area contributed by atoms with Gasteiger partial charge in [0.05, 0.1) is 11.3 Å². The first-order chi connectivity index (χ1) is 9.47. The van der Waals surface area contributed by atoms with Crippen LogP contribution in [0.5, 0.6) is 0 Å². The summed E-state index contributed by atoms with van der Waals surface area (Å²) >= 11 is 9.02. The topological polar surface area (TPSA) is 78.4 Å². The van der Waals surface area contributed by atoms with Gasteiger partial charge in [-0.3, -0.25) is 5.32 Å². The third-order valence-electron chi connectivity index (χ3n) is 2.30. The molecular weight excluding hydrogens is 415 g/mol. The number of nitrogens with one attached hydrogen (secondary N) is 2. The fraction of sp³-hybridized carbons (Fsp3) is 0. The Balaban J connectivity index is 2.09. The van der Waals surface area contributed by atoms with Crippen LogP contribution in [-0.4, -0.2) is 17.1 Å². The number of carbonyl (C=O) groups is 2. The van der Waals surface area contributed by atoms with E-state index in [2.05, 4.69) is 10.6 Å². The van der Waals surface area contributed by atoms with Crippen molar-refractivity contribution >= 4 is 68.2 Å². The first-order valence-electron chi connectivity index (χ1n) is 5.31. The van der Waals surface area contributed by atoms with Crippen LogP contribution in [0.4, 0.5) is 15.5 Å². The Morgan fingerprint density at radius 3 is 2.65 bits per heavy atom. The second kappa shape index (κ2) is 6.42. The highest BCUT2D eigenvalue weighted by molar-refractivity contribution is 14.1. The van der Waals surface area contributed by atoms with Gasteiger partial charge < -0.3 is 10.4 Å². The maximum Gasteiger partial charge on any atom is 0.338 e. The zero-order valence-electron chi connectivity index (χ0n) is 9.81. The molecule has 8 heteroatoms. The first kappa shape index (κ1) is 15.1. The quantitative estimate of drug-likeness (QED) is 0.644. The van der Waals surface area contributed by atoms with Crippen molar-refractivity contribution in [2.24, 2.45) is 0 Å². The summed E-state index contributed by atoms with van der Waals surface area (Å²) in [5.74, 6) is -1.08. The molecule has 0 saturated heterocycles. The zero-order valence-corrected chi connectivity index (χ0v) is 13.5. The number of halogens is 2. The Morgan fingerprint density at radius 2 is 2.00 bits per heavy atom. The minimum Gasteiger partial charge on any atom is -0.478 e. The molecule has 1 heterocycles. The number of aromatic carboxylic acids is 1. The molecule has 0 aliphatic heterocycles. The van der Waals surface area contributed by atoms with Gasteiger partial charge in [-0.25, -0.2) is 9.59 Å². The third kappa shape index (κ3) is 3.62. The molecule has 104 valence electrons. The summed E-state index contributed by atoms with van der Waals surface area (Å²) in [4.78, 5) is 22.8. The fourth-order valence-corrected chi connectivity index (χ4v) is 3.20. The van der Waals surface area contributed by atoms with E-state index in [0.717, 1.165) is 14.9 Å². The van der Waals surface area contributed by atoms with Crippen LogP contribution >= 0.6 is 45.5 Å². The Morgan fingerprint density at radius 1 is 1.25 bits per heavy atom. The molecule has 2 rings (SSSR count). The number of urea groups is 1. The van der Waals surface area contributed by atoms with E-state index in [1.54, 1.807) is 23.6 Å². The van der Waals surface area contributed by atoms with Gasteiger partial charge in [-0.15, -0.1) is 11.3 Å². The Kier molecular flexibility index (Phi) is 4.84. The van der Waals surface area contributed by atoms with Gasteiger partial charge in [0.2, 0.25) is 0 Å². The highest BCUT2D eigenvalue weighted by Crippen LogP contribution is 2.25. The van der Waals surface area contributed by atoms with E-state index in [4.69, 9.17) is 16.7 Å². The molecule has 5 nitrogen and oxygen atoms in total. The molecule has 1 aromatic heterocycles. The van der Waals surface area contributed by atoms with Gasteiger partial charge in [-0.05, 0) is 52.2 Å². The standard InChI is InChI=1S/C12H8ClIN2O3S/c13-6-1-2-9(8(14)5-6)15-12(19)16-10-7(11(17)18)3-4-20-10/h1-5H,(H,17,18)(H2,15,16,19). The van der Waals surface area contributed by atoms with Crippen molar-refractivity contribution < 1.29 is 14.7 Å². The second-order valence-electron chi connectivity index (χ2n) is 3.67. The molecule has 0 fully saturated rings. The second-order valence-corrected chi connectivity index (χ2v) is 6.19. The molecule has 0 radical (unpaired) electrons. The fourth-order valence-electron chi connectivity index (χ4n) is 1.42. The lowest BCUT2D eigenvalue weighted by Crippen LogP contribution is -2.20. The van der Waals surface area contributed by atoms with E-state index in [0.29, 0.717) is 15.7 Å². The Labute approximate surface area is 137 Å². The monoisotopic (exact) mass is 422 g/mol. The van der Waals surface area contributed by atoms with Gasteiger partial charge in [0, 0.05) is 8.59 Å². The maximum absolute atomic E-state index is 11.8. The van der Waals surface area contributed by atoms with Gasteiger partial charge in [0.15, 0.2) is 0 Å². The number of carboxylic acids is 1. The van der Waals surface area contributed by atoms with Gasteiger partial charge in [-0.2, -0.15) is 0 Å². The lowest BCUT2D eigenvalue weighted by atomic mass is 10.3. The van der Waals surface area contributed by atoms with Gasteiger partial charge >= 0.3 is 12.0 Å². The molecule has 0 bridgehead atoms. The van der Waals surface area contributed by atoms with E-state index in [1.165, 1.54) is 6.07 Å². The van der Waals surface area contributed by atoms with Crippen LogP contribution in [0.1, 0.15) is 10.4 Å². The largest absolute Gasteiger partial charge is 0.478 e. The number of benzene rings is 1. The number of thiophene rings is 1. The van der Waals surface area contributed by atoms with Crippen molar-refractivity contribution in [1.29, 1.82) is 0 Å². The SMILES string of the molecule is O=C(Nc1ccc(Cl)cc1I)Nc1sccc1C(=O)O. The summed E-state index contributed by atoms with van der Waals surface area (Å²) in [7, 11) is 0. The molecule has 0 spiro atoms. The average Bonchev–Trinajstić information content (AvgIpc) is 2.81. The predicted molar refractivity (Wildman–Crippen MR) is 88.1 cm³/mol. The number of hydrogen-bond acceptors (Lipinski definition) is 3. The summed E-state index contributed by atoms with van der Waals surface area (Å²) in [6.45, 7) is 0. The number of hydrogen-bond donors (Lipinski definition) is 3. The number of anilines is 2. The number of rotatable bonds is 3. The molecule has 1 aromatic carbocycles. The summed E-state index contributed by atoms with van der Waals surface area (Å²) in [5, 5.41) is 16.6. The average molecular weight is 423 g/mol. The lowest BCUT2D eigenvalue weighted by molar-refractivity contribution is 0.0698. The van der Waals surface area contributed by atoms with Crippen LogP contribution < -0.4 is 10.6 Å². The van der Waals surface area contributed by atoms with E-state index in [-0.39, 0.29) is 5.56 Å². The van der Waals surface area contributed by atoms with Crippen LogP contribution in [-0.2, 0) is 0 Å². The Bertz CT molecular complexity index is 674. The minimum atomic E-state index is -1.08. The highest BCUT2D eigenvalue weighted by Gasteiger charge is 2.14. The molecule has 0 aliphatic rings. The zero-order chi connectivity index (χ0) is 14.7. The summed E-state index contributed by atoms with van der Waals surface area (Å²) in [6.07, 6.45) is 0. The number of carbonyl (C=O) groups excluding carboxylic acids is 1. The first-order valence-corrected chi connectivity index (χ1v) is 7.65. The Hall–Kier alpha value is -1.32. The van der Waals surface area contributed by atoms with Gasteiger partial charge in [-0.1, -0.05) is 11.6 Å². The van der Waals surface area contributed by atoms with Crippen LogP contribution in [0.25, 0.3) is 0 Å². The third-order valence-corrected chi connectivity index (χ3v) is 4.26. The summed E-state index contributed by atoms with van der Waals surface area (Å²) < 4.78 is 0.787. The highest BCUT2D eigenvalue weighted by atomic mass is 127. The predicted octanol–water partition coefficient (Wildman–Crippen LogP) is 4.35. The van der Waals surface area contributed by atoms with Crippen molar-refractivity contribution in [3.8, 4) is 0 Å². The van der Waals surface area contributed by atoms with Gasteiger partial charge in [0.25, 0.3) is 0 Å². The molecule has 0 atom stereocenters. The van der Waals surface area contributed by atoms with Gasteiger partial charge in [0.1, 0.15) is 5.00 Å². The van der Waals surface area contributed by atoms with Crippen molar-refractivity contribution in [3.05, 3.63) is 43.8 Å². The molecule has 2 amide bonds. The van der Waals surface area contributed by atoms with Crippen molar-refractivity contribution in [3.63, 3.8) is 0 Å².